The number of aliphatic hydroxyl groups excluding tert-OH is 1. The van der Waals surface area contributed by atoms with Crippen molar-refractivity contribution < 1.29 is 28.3 Å². The van der Waals surface area contributed by atoms with Gasteiger partial charge >= 0.3 is 0 Å². The Morgan fingerprint density at radius 1 is 1.27 bits per heavy atom. The van der Waals surface area contributed by atoms with Gasteiger partial charge in [0.1, 0.15) is 17.3 Å². The number of hydrogen-bond donors (Lipinski definition) is 2. The number of aliphatic hydroxyl groups is 1. The zero-order chi connectivity index (χ0) is 23.5. The van der Waals surface area contributed by atoms with Crippen molar-refractivity contribution in [2.45, 2.75) is 38.8 Å². The van der Waals surface area contributed by atoms with Crippen LogP contribution in [0.15, 0.2) is 41.1 Å². The number of pyridine rings is 1. The summed E-state index contributed by atoms with van der Waals surface area (Å²) in [5.74, 6) is -0.492. The lowest BCUT2D eigenvalue weighted by Crippen LogP contribution is -2.35. The van der Waals surface area contributed by atoms with Crippen LogP contribution in [0, 0.1) is 11.7 Å². The molecule has 0 saturated heterocycles. The van der Waals surface area contributed by atoms with Crippen molar-refractivity contribution in [3.63, 3.8) is 0 Å². The fraction of sp³-hybridized carbons (Fsp3) is 0.348. The number of ketones is 1. The van der Waals surface area contributed by atoms with Gasteiger partial charge in [0.05, 0.1) is 18.4 Å². The smallest absolute Gasteiger partial charge is 0.258 e. The Kier molecular flexibility index (Phi) is 6.45. The lowest BCUT2D eigenvalue weighted by atomic mass is 10.1. The SMILES string of the molecule is CC(CO)NC(=O)c1ccc(-c2nc(C(C)Oc3ccc(C(=O)C4CC4)nc3)no2)cc1F. The van der Waals surface area contributed by atoms with Gasteiger partial charge in [-0.1, -0.05) is 5.16 Å². The Hall–Kier alpha value is -3.66. The number of amides is 1. The van der Waals surface area contributed by atoms with E-state index in [1.165, 1.54) is 18.3 Å². The summed E-state index contributed by atoms with van der Waals surface area (Å²) >= 11 is 0. The van der Waals surface area contributed by atoms with Crippen LogP contribution >= 0.6 is 0 Å². The zero-order valence-electron chi connectivity index (χ0n) is 18.1. The van der Waals surface area contributed by atoms with E-state index in [2.05, 4.69) is 20.4 Å². The van der Waals surface area contributed by atoms with Crippen molar-refractivity contribution in [1.29, 1.82) is 0 Å². The largest absolute Gasteiger partial charge is 0.481 e. The summed E-state index contributed by atoms with van der Waals surface area (Å²) < 4.78 is 25.5. The minimum atomic E-state index is -0.758. The zero-order valence-corrected chi connectivity index (χ0v) is 18.1. The number of halogens is 1. The number of rotatable bonds is 9. The molecule has 9 nitrogen and oxygen atoms in total. The molecule has 2 aromatic heterocycles. The number of carbonyl (C=O) groups is 2. The Morgan fingerprint density at radius 2 is 2.06 bits per heavy atom. The van der Waals surface area contributed by atoms with Crippen molar-refractivity contribution in [3.8, 4) is 17.2 Å². The van der Waals surface area contributed by atoms with Gasteiger partial charge in [0.2, 0.25) is 5.82 Å². The highest BCUT2D eigenvalue weighted by Gasteiger charge is 2.31. The molecule has 10 heteroatoms. The van der Waals surface area contributed by atoms with Crippen molar-refractivity contribution >= 4 is 11.7 Å². The third-order valence-corrected chi connectivity index (χ3v) is 5.17. The van der Waals surface area contributed by atoms with Crippen LogP contribution in [-0.2, 0) is 0 Å². The summed E-state index contributed by atoms with van der Waals surface area (Å²) in [6.45, 7) is 3.06. The number of Topliss-reactive ketones (excluding diaryl/α,β-unsaturated/α-hetero) is 1. The van der Waals surface area contributed by atoms with E-state index in [0.717, 1.165) is 18.9 Å². The Balaban J connectivity index is 1.42. The lowest BCUT2D eigenvalue weighted by Gasteiger charge is -2.11. The molecule has 0 spiro atoms. The maximum absolute atomic E-state index is 14.5. The highest BCUT2D eigenvalue weighted by Crippen LogP contribution is 2.32. The molecule has 1 saturated carbocycles. The first-order valence-corrected chi connectivity index (χ1v) is 10.6. The third kappa shape index (κ3) is 5.23. The van der Waals surface area contributed by atoms with Gasteiger partial charge in [0, 0.05) is 17.5 Å². The monoisotopic (exact) mass is 454 g/mol. The fourth-order valence-corrected chi connectivity index (χ4v) is 3.10. The summed E-state index contributed by atoms with van der Waals surface area (Å²) in [6.07, 6.45) is 2.71. The first-order chi connectivity index (χ1) is 15.9. The molecule has 33 heavy (non-hydrogen) atoms. The number of benzene rings is 1. The molecule has 2 atom stereocenters. The third-order valence-electron chi connectivity index (χ3n) is 5.17. The first-order valence-electron chi connectivity index (χ1n) is 10.6. The number of ether oxygens (including phenoxy) is 1. The Labute approximate surface area is 189 Å². The molecule has 2 unspecified atom stereocenters. The Morgan fingerprint density at radius 3 is 2.70 bits per heavy atom. The summed E-state index contributed by atoms with van der Waals surface area (Å²) in [7, 11) is 0. The molecule has 3 aromatic rings. The van der Waals surface area contributed by atoms with Gasteiger partial charge < -0.3 is 19.7 Å². The maximum Gasteiger partial charge on any atom is 0.258 e. The molecule has 1 fully saturated rings. The molecule has 4 rings (SSSR count). The molecule has 2 N–H and O–H groups in total. The van der Waals surface area contributed by atoms with Gasteiger partial charge in [-0.2, -0.15) is 4.98 Å². The molecule has 172 valence electrons. The minimum Gasteiger partial charge on any atom is -0.481 e. The van der Waals surface area contributed by atoms with Gasteiger partial charge in [-0.15, -0.1) is 0 Å². The molecule has 1 aliphatic carbocycles. The van der Waals surface area contributed by atoms with Crippen LogP contribution in [0.25, 0.3) is 11.5 Å². The van der Waals surface area contributed by atoms with Crippen molar-refractivity contribution in [2.24, 2.45) is 5.92 Å². The average Bonchev–Trinajstić information content (AvgIpc) is 3.54. The Bertz CT molecular complexity index is 1160. The van der Waals surface area contributed by atoms with Crippen LogP contribution in [-0.4, -0.2) is 44.6 Å². The molecule has 0 radical (unpaired) electrons. The summed E-state index contributed by atoms with van der Waals surface area (Å²) in [5.41, 5.74) is 0.561. The average molecular weight is 454 g/mol. The highest BCUT2D eigenvalue weighted by molar-refractivity contribution is 5.97. The molecule has 1 aromatic carbocycles. The molecule has 1 aliphatic rings. The number of aromatic nitrogens is 3. The second-order valence-corrected chi connectivity index (χ2v) is 7.99. The van der Waals surface area contributed by atoms with Gasteiger partial charge in [-0.05, 0) is 57.0 Å². The first kappa shape index (κ1) is 22.5. The van der Waals surface area contributed by atoms with Gasteiger partial charge in [0.15, 0.2) is 11.9 Å². The van der Waals surface area contributed by atoms with Crippen LogP contribution in [0.3, 0.4) is 0 Å². The summed E-state index contributed by atoms with van der Waals surface area (Å²) in [6, 6.07) is 6.72. The molecule has 2 heterocycles. The van der Waals surface area contributed by atoms with Gasteiger partial charge in [0.25, 0.3) is 11.8 Å². The number of nitrogens with zero attached hydrogens (tertiary/aromatic N) is 3. The van der Waals surface area contributed by atoms with E-state index in [4.69, 9.17) is 14.4 Å². The lowest BCUT2D eigenvalue weighted by molar-refractivity contribution is 0.0917. The normalized spacial score (nSPS) is 15.0. The van der Waals surface area contributed by atoms with Gasteiger partial charge in [-0.25, -0.2) is 9.37 Å². The minimum absolute atomic E-state index is 0.0519. The molecule has 0 aliphatic heterocycles. The number of nitrogens with one attached hydrogen (secondary N) is 1. The second kappa shape index (κ2) is 9.45. The van der Waals surface area contributed by atoms with E-state index >= 15 is 0 Å². The molecule has 1 amide bonds. The quantitative estimate of drug-likeness (QED) is 0.472. The van der Waals surface area contributed by atoms with E-state index < -0.39 is 23.9 Å². The van der Waals surface area contributed by atoms with Crippen molar-refractivity contribution in [1.82, 2.24) is 20.4 Å². The van der Waals surface area contributed by atoms with Crippen LogP contribution < -0.4 is 10.1 Å². The van der Waals surface area contributed by atoms with Gasteiger partial charge in [-0.3, -0.25) is 9.59 Å². The molecular formula is C23H23FN4O5. The topological polar surface area (TPSA) is 127 Å². The standard InChI is InChI=1S/C23H23FN4O5/c1-12(11-29)26-22(31)17-7-5-15(9-18(17)24)23-27-21(28-33-23)13(2)32-16-6-8-19(25-10-16)20(30)14-3-4-14/h5-10,12-14,29H,3-4,11H2,1-2H3,(H,26,31). The highest BCUT2D eigenvalue weighted by atomic mass is 19.1. The van der Waals surface area contributed by atoms with Crippen molar-refractivity contribution in [3.05, 3.63) is 59.4 Å². The summed E-state index contributed by atoms with van der Waals surface area (Å²) in [5, 5.41) is 15.4. The molecular weight excluding hydrogens is 431 g/mol. The molecule has 0 bridgehead atoms. The summed E-state index contributed by atoms with van der Waals surface area (Å²) in [4.78, 5) is 32.6. The maximum atomic E-state index is 14.5. The fourth-order valence-electron chi connectivity index (χ4n) is 3.10. The second-order valence-electron chi connectivity index (χ2n) is 7.99. The van der Waals surface area contributed by atoms with Crippen LogP contribution in [0.2, 0.25) is 0 Å². The van der Waals surface area contributed by atoms with Crippen LogP contribution in [0.4, 0.5) is 4.39 Å². The van der Waals surface area contributed by atoms with Crippen molar-refractivity contribution in [2.75, 3.05) is 6.61 Å². The number of hydrogen-bond acceptors (Lipinski definition) is 8. The predicted octanol–water partition coefficient (Wildman–Crippen LogP) is 3.11. The predicted molar refractivity (Wildman–Crippen MR) is 114 cm³/mol. The number of carbonyl (C=O) groups excluding carboxylic acids is 2. The van der Waals surface area contributed by atoms with Crippen LogP contribution in [0.1, 0.15) is 59.5 Å². The van der Waals surface area contributed by atoms with E-state index in [-0.39, 0.29) is 35.6 Å². The van der Waals surface area contributed by atoms with E-state index in [0.29, 0.717) is 17.0 Å². The van der Waals surface area contributed by atoms with E-state index in [1.54, 1.807) is 26.0 Å². The van der Waals surface area contributed by atoms with Crippen LogP contribution in [0.5, 0.6) is 5.75 Å². The van der Waals surface area contributed by atoms with E-state index in [9.17, 15) is 14.0 Å². The van der Waals surface area contributed by atoms with E-state index in [1.807, 2.05) is 0 Å².